The maximum atomic E-state index is 14.1. The summed E-state index contributed by atoms with van der Waals surface area (Å²) in [5.74, 6) is -2.09. The number of alkyl halides is 3. The van der Waals surface area contributed by atoms with E-state index in [-0.39, 0.29) is 27.3 Å². The maximum Gasteiger partial charge on any atom is 0.450 e. The Morgan fingerprint density at radius 2 is 1.81 bits per heavy atom. The number of para-hydroxylation sites is 1. The van der Waals surface area contributed by atoms with Gasteiger partial charge in [0.15, 0.2) is 0 Å². The van der Waals surface area contributed by atoms with E-state index < -0.39 is 28.9 Å². The zero-order valence-electron chi connectivity index (χ0n) is 19.1. The second kappa shape index (κ2) is 8.91. The minimum absolute atomic E-state index is 0.0274. The van der Waals surface area contributed by atoms with Crippen molar-refractivity contribution in [3.05, 3.63) is 93.3 Å². The first-order chi connectivity index (χ1) is 17.2. The molecule has 0 aliphatic carbocycles. The highest BCUT2D eigenvalue weighted by Crippen LogP contribution is 2.40. The van der Waals surface area contributed by atoms with E-state index in [4.69, 9.17) is 9.15 Å². The number of hydrogen-bond donors (Lipinski definition) is 0. The lowest BCUT2D eigenvalue weighted by atomic mass is 10.0. The van der Waals surface area contributed by atoms with Gasteiger partial charge < -0.3 is 9.15 Å². The molecule has 0 radical (unpaired) electrons. The molecule has 5 aromatic rings. The van der Waals surface area contributed by atoms with Crippen LogP contribution in [0.5, 0.6) is 5.75 Å². The van der Waals surface area contributed by atoms with Crippen LogP contribution in [0.25, 0.3) is 31.8 Å². The fourth-order valence-corrected chi connectivity index (χ4v) is 4.86. The molecule has 0 bridgehead atoms. The van der Waals surface area contributed by atoms with Gasteiger partial charge in [-0.05, 0) is 49.2 Å². The van der Waals surface area contributed by atoms with Gasteiger partial charge in [0.05, 0.1) is 21.2 Å². The number of esters is 1. The Kier molecular flexibility index (Phi) is 5.88. The summed E-state index contributed by atoms with van der Waals surface area (Å²) in [5.41, 5.74) is 0.378. The van der Waals surface area contributed by atoms with Crippen molar-refractivity contribution in [3.8, 4) is 16.3 Å². The minimum atomic E-state index is -4.96. The van der Waals surface area contributed by atoms with Gasteiger partial charge in [0.25, 0.3) is 0 Å². The minimum Gasteiger partial charge on any atom is -0.450 e. The summed E-state index contributed by atoms with van der Waals surface area (Å²) in [5, 5.41) is -0.128. The SMILES string of the molecule is CCc1cc2c(=O)c(-c3nc4ccccc4s3)c(C(F)(F)F)oc2cc1OC(=O)c1ccc(C)cc1. The van der Waals surface area contributed by atoms with Crippen LogP contribution in [-0.2, 0) is 12.6 Å². The molecule has 5 rings (SSSR count). The summed E-state index contributed by atoms with van der Waals surface area (Å²) >= 11 is 0.983. The number of fused-ring (bicyclic) bond motifs is 2. The van der Waals surface area contributed by atoms with Crippen molar-refractivity contribution in [2.45, 2.75) is 26.4 Å². The standard InChI is InChI=1S/C27H18F3NO4S/c1-3-15-12-17-20(13-19(15)35-26(33)16-10-8-14(2)9-11-16)34-24(27(28,29)30)22(23(17)32)25-31-18-6-4-5-7-21(18)36-25/h4-13H,3H2,1-2H3. The van der Waals surface area contributed by atoms with Gasteiger partial charge in [0, 0.05) is 6.07 Å². The predicted octanol–water partition coefficient (Wildman–Crippen LogP) is 7.18. The van der Waals surface area contributed by atoms with E-state index in [1.807, 2.05) is 6.92 Å². The second-order valence-electron chi connectivity index (χ2n) is 8.19. The average molecular weight is 510 g/mol. The molecule has 36 heavy (non-hydrogen) atoms. The van der Waals surface area contributed by atoms with Gasteiger partial charge in [0.2, 0.25) is 11.2 Å². The largest absolute Gasteiger partial charge is 0.450 e. The molecular weight excluding hydrogens is 491 g/mol. The molecule has 0 atom stereocenters. The zero-order valence-corrected chi connectivity index (χ0v) is 19.9. The molecular formula is C27H18F3NO4S. The zero-order chi connectivity index (χ0) is 25.6. The highest BCUT2D eigenvalue weighted by molar-refractivity contribution is 7.21. The lowest BCUT2D eigenvalue weighted by Gasteiger charge is -2.14. The topological polar surface area (TPSA) is 69.4 Å². The summed E-state index contributed by atoms with van der Waals surface area (Å²) in [6.07, 6.45) is -4.59. The molecule has 0 aliphatic rings. The second-order valence-corrected chi connectivity index (χ2v) is 9.22. The van der Waals surface area contributed by atoms with Gasteiger partial charge in [-0.25, -0.2) is 9.78 Å². The number of halogens is 3. The van der Waals surface area contributed by atoms with Crippen LogP contribution in [0.15, 0.2) is 69.9 Å². The van der Waals surface area contributed by atoms with Crippen LogP contribution in [0, 0.1) is 6.92 Å². The number of rotatable bonds is 4. The van der Waals surface area contributed by atoms with Crippen molar-refractivity contribution in [3.63, 3.8) is 0 Å². The molecule has 0 saturated carbocycles. The van der Waals surface area contributed by atoms with Crippen molar-refractivity contribution >= 4 is 38.5 Å². The van der Waals surface area contributed by atoms with E-state index in [1.165, 1.54) is 12.1 Å². The molecule has 2 heterocycles. The van der Waals surface area contributed by atoms with Crippen molar-refractivity contribution in [1.29, 1.82) is 0 Å². The number of nitrogens with zero attached hydrogens (tertiary/aromatic N) is 1. The van der Waals surface area contributed by atoms with Crippen molar-refractivity contribution in [2.24, 2.45) is 0 Å². The number of carbonyl (C=O) groups is 1. The third kappa shape index (κ3) is 4.26. The Morgan fingerprint density at radius 1 is 1.08 bits per heavy atom. The van der Waals surface area contributed by atoms with Gasteiger partial charge in [-0.15, -0.1) is 11.3 Å². The van der Waals surface area contributed by atoms with Crippen molar-refractivity contribution in [1.82, 2.24) is 4.98 Å². The molecule has 0 unspecified atom stereocenters. The van der Waals surface area contributed by atoms with Crippen LogP contribution in [-0.4, -0.2) is 11.0 Å². The van der Waals surface area contributed by atoms with Crippen LogP contribution in [0.4, 0.5) is 13.2 Å². The highest BCUT2D eigenvalue weighted by Gasteiger charge is 2.40. The third-order valence-corrected chi connectivity index (χ3v) is 6.76. The van der Waals surface area contributed by atoms with E-state index in [2.05, 4.69) is 4.98 Å². The first-order valence-electron chi connectivity index (χ1n) is 11.0. The monoisotopic (exact) mass is 509 g/mol. The Hall–Kier alpha value is -3.98. The van der Waals surface area contributed by atoms with Crippen molar-refractivity contribution in [2.75, 3.05) is 0 Å². The quantitative estimate of drug-likeness (QED) is 0.190. The molecule has 182 valence electrons. The fourth-order valence-electron chi connectivity index (χ4n) is 3.86. The smallest absolute Gasteiger partial charge is 0.450 e. The first-order valence-corrected chi connectivity index (χ1v) is 11.8. The molecule has 3 aromatic carbocycles. The summed E-state index contributed by atoms with van der Waals surface area (Å²) < 4.78 is 53.6. The van der Waals surface area contributed by atoms with Gasteiger partial charge in [-0.2, -0.15) is 13.2 Å². The normalized spacial score (nSPS) is 11.8. The number of aromatic nitrogens is 1. The first kappa shape index (κ1) is 23.7. The number of ether oxygens (including phenoxy) is 1. The molecule has 0 spiro atoms. The van der Waals surface area contributed by atoms with Crippen LogP contribution < -0.4 is 10.2 Å². The predicted molar refractivity (Wildman–Crippen MR) is 132 cm³/mol. The summed E-state index contributed by atoms with van der Waals surface area (Å²) in [6.45, 7) is 3.65. The molecule has 0 fully saturated rings. The van der Waals surface area contributed by atoms with E-state index in [0.717, 1.165) is 16.9 Å². The number of thiazole rings is 1. The average Bonchev–Trinajstić information content (AvgIpc) is 3.27. The van der Waals surface area contributed by atoms with Gasteiger partial charge >= 0.3 is 12.1 Å². The molecule has 0 N–H and O–H groups in total. The molecule has 0 amide bonds. The van der Waals surface area contributed by atoms with Crippen LogP contribution in [0.3, 0.4) is 0 Å². The number of carbonyl (C=O) groups excluding carboxylic acids is 1. The van der Waals surface area contributed by atoms with E-state index in [0.29, 0.717) is 22.2 Å². The molecule has 0 saturated heterocycles. The number of aryl methyl sites for hydroxylation is 2. The van der Waals surface area contributed by atoms with E-state index >= 15 is 0 Å². The van der Waals surface area contributed by atoms with Gasteiger partial charge in [0.1, 0.15) is 21.9 Å². The molecule has 9 heteroatoms. The van der Waals surface area contributed by atoms with E-state index in [9.17, 15) is 22.8 Å². The lowest BCUT2D eigenvalue weighted by Crippen LogP contribution is -2.16. The van der Waals surface area contributed by atoms with Gasteiger partial charge in [-0.3, -0.25) is 4.79 Å². The summed E-state index contributed by atoms with van der Waals surface area (Å²) in [4.78, 5) is 30.3. The third-order valence-electron chi connectivity index (χ3n) is 5.71. The summed E-state index contributed by atoms with van der Waals surface area (Å²) in [7, 11) is 0. The van der Waals surface area contributed by atoms with Crippen LogP contribution in [0.1, 0.15) is 34.2 Å². The van der Waals surface area contributed by atoms with Crippen LogP contribution in [0.2, 0.25) is 0 Å². The highest BCUT2D eigenvalue weighted by atomic mass is 32.1. The summed E-state index contributed by atoms with van der Waals surface area (Å²) in [6, 6.07) is 16.1. The Bertz CT molecular complexity index is 1650. The van der Waals surface area contributed by atoms with Crippen molar-refractivity contribution < 1.29 is 27.1 Å². The van der Waals surface area contributed by atoms with E-state index in [1.54, 1.807) is 55.5 Å². The number of hydrogen-bond acceptors (Lipinski definition) is 6. The number of benzene rings is 3. The Balaban J connectivity index is 1.69. The molecule has 5 nitrogen and oxygen atoms in total. The Labute approximate surface area is 206 Å². The lowest BCUT2D eigenvalue weighted by molar-refractivity contribution is -0.152. The molecule has 0 aliphatic heterocycles. The fraction of sp³-hybridized carbons (Fsp3) is 0.148. The van der Waals surface area contributed by atoms with Crippen LogP contribution >= 0.6 is 11.3 Å². The molecule has 2 aromatic heterocycles. The Morgan fingerprint density at radius 3 is 2.47 bits per heavy atom. The van der Waals surface area contributed by atoms with Gasteiger partial charge in [-0.1, -0.05) is 36.8 Å². The maximum absolute atomic E-state index is 14.1.